The van der Waals surface area contributed by atoms with Gasteiger partial charge in [0, 0.05) is 13.1 Å². The summed E-state index contributed by atoms with van der Waals surface area (Å²) in [4.78, 5) is 28.5. The van der Waals surface area contributed by atoms with Crippen LogP contribution >= 0.6 is 11.6 Å². The highest BCUT2D eigenvalue weighted by molar-refractivity contribution is 7.92. The van der Waals surface area contributed by atoms with Crippen LogP contribution in [-0.4, -0.2) is 51.4 Å². The Bertz CT molecular complexity index is 1460. The summed E-state index contributed by atoms with van der Waals surface area (Å²) in [6.45, 7) is 9.45. The largest absolute Gasteiger partial charge is 0.495 e. The molecule has 0 bridgehead atoms. The van der Waals surface area contributed by atoms with Crippen molar-refractivity contribution in [2.45, 2.75) is 52.1 Å². The van der Waals surface area contributed by atoms with Gasteiger partial charge in [-0.1, -0.05) is 73.0 Å². The number of anilines is 1. The van der Waals surface area contributed by atoms with E-state index in [0.717, 1.165) is 21.0 Å². The number of amides is 2. The first-order valence-corrected chi connectivity index (χ1v) is 15.2. The molecule has 1 N–H and O–H groups in total. The Kier molecular flexibility index (Phi) is 10.8. The second-order valence-electron chi connectivity index (χ2n) is 10.5. The molecular weight excluding hydrogens is 562 g/mol. The smallest absolute Gasteiger partial charge is 0.264 e. The van der Waals surface area contributed by atoms with Crippen molar-refractivity contribution < 1.29 is 22.7 Å². The predicted molar refractivity (Wildman–Crippen MR) is 163 cm³/mol. The van der Waals surface area contributed by atoms with Crippen molar-refractivity contribution in [2.75, 3.05) is 24.5 Å². The van der Waals surface area contributed by atoms with Crippen molar-refractivity contribution in [3.63, 3.8) is 0 Å². The van der Waals surface area contributed by atoms with E-state index in [9.17, 15) is 18.0 Å². The molecule has 3 aromatic carbocycles. The van der Waals surface area contributed by atoms with Crippen LogP contribution in [0.25, 0.3) is 0 Å². The van der Waals surface area contributed by atoms with E-state index in [-0.39, 0.29) is 34.0 Å². The number of nitrogens with one attached hydrogen (secondary N) is 1. The Morgan fingerprint density at radius 3 is 2.05 bits per heavy atom. The number of methoxy groups -OCH3 is 1. The van der Waals surface area contributed by atoms with Gasteiger partial charge in [0.15, 0.2) is 0 Å². The molecule has 2 amide bonds. The zero-order valence-electron chi connectivity index (χ0n) is 24.3. The van der Waals surface area contributed by atoms with E-state index in [2.05, 4.69) is 5.32 Å². The maximum atomic E-state index is 14.0. The summed E-state index contributed by atoms with van der Waals surface area (Å²) >= 11 is 6.37. The number of carbonyl (C=O) groups excluding carboxylic acids is 2. The third-order valence-corrected chi connectivity index (χ3v) is 8.72. The molecule has 0 aromatic heterocycles. The molecule has 10 heteroatoms. The number of rotatable bonds is 12. The van der Waals surface area contributed by atoms with E-state index in [1.54, 1.807) is 25.1 Å². The van der Waals surface area contributed by atoms with Crippen molar-refractivity contribution in [1.29, 1.82) is 0 Å². The second kappa shape index (κ2) is 13.9. The van der Waals surface area contributed by atoms with Gasteiger partial charge in [-0.2, -0.15) is 0 Å². The van der Waals surface area contributed by atoms with Crippen molar-refractivity contribution in [2.24, 2.45) is 5.92 Å². The van der Waals surface area contributed by atoms with Gasteiger partial charge in [-0.3, -0.25) is 13.9 Å². The summed E-state index contributed by atoms with van der Waals surface area (Å²) in [5, 5.41) is 3.08. The fourth-order valence-electron chi connectivity index (χ4n) is 4.10. The lowest BCUT2D eigenvalue weighted by Gasteiger charge is -2.32. The molecule has 0 radical (unpaired) electrons. The van der Waals surface area contributed by atoms with E-state index in [0.29, 0.717) is 12.3 Å². The molecule has 41 heavy (non-hydrogen) atoms. The van der Waals surface area contributed by atoms with E-state index in [1.807, 2.05) is 52.0 Å². The highest BCUT2D eigenvalue weighted by atomic mass is 35.5. The van der Waals surface area contributed by atoms with Crippen molar-refractivity contribution in [3.05, 3.63) is 88.4 Å². The van der Waals surface area contributed by atoms with Gasteiger partial charge >= 0.3 is 0 Å². The highest BCUT2D eigenvalue weighted by Crippen LogP contribution is 2.32. The van der Waals surface area contributed by atoms with Crippen molar-refractivity contribution in [1.82, 2.24) is 10.2 Å². The molecule has 0 aliphatic carbocycles. The third-order valence-electron chi connectivity index (χ3n) is 6.64. The van der Waals surface area contributed by atoms with Gasteiger partial charge in [-0.15, -0.1) is 0 Å². The highest BCUT2D eigenvalue weighted by Gasteiger charge is 2.33. The van der Waals surface area contributed by atoms with E-state index < -0.39 is 28.5 Å². The average molecular weight is 600 g/mol. The number of nitrogens with zero attached hydrogens (tertiary/aromatic N) is 2. The number of hydrogen-bond acceptors (Lipinski definition) is 5. The van der Waals surface area contributed by atoms with Crippen molar-refractivity contribution in [3.8, 4) is 5.75 Å². The van der Waals surface area contributed by atoms with Gasteiger partial charge in [-0.25, -0.2) is 8.42 Å². The van der Waals surface area contributed by atoms with Gasteiger partial charge in [-0.05, 0) is 62.6 Å². The number of halogens is 1. The maximum absolute atomic E-state index is 14.0. The van der Waals surface area contributed by atoms with Crippen LogP contribution in [0.1, 0.15) is 37.5 Å². The monoisotopic (exact) mass is 599 g/mol. The Hall–Kier alpha value is -3.56. The summed E-state index contributed by atoms with van der Waals surface area (Å²) < 4.78 is 34.1. The van der Waals surface area contributed by atoms with E-state index >= 15 is 0 Å². The molecule has 3 rings (SSSR count). The lowest BCUT2D eigenvalue weighted by atomic mass is 10.1. The normalized spacial score (nSPS) is 12.1. The number of aryl methyl sites for hydroxylation is 2. The Morgan fingerprint density at radius 2 is 1.51 bits per heavy atom. The summed E-state index contributed by atoms with van der Waals surface area (Å²) in [6, 6.07) is 17.7. The van der Waals surface area contributed by atoms with Crippen LogP contribution in [0.3, 0.4) is 0 Å². The standard InChI is InChI=1S/C31H38ClN3O5S/c1-21(2)18-33-31(37)24(5)34(19-25-11-7-22(3)8-12-25)30(36)20-35(26-13-16-29(40-6)28(32)17-26)41(38,39)27-14-9-23(4)10-15-27/h7-17,21,24H,18-20H2,1-6H3,(H,33,37)/t24-/m1/s1. The van der Waals surface area contributed by atoms with Gasteiger partial charge in [0.1, 0.15) is 18.3 Å². The molecule has 8 nitrogen and oxygen atoms in total. The third kappa shape index (κ3) is 8.24. The van der Waals surface area contributed by atoms with Crippen LogP contribution in [0.5, 0.6) is 5.75 Å². The van der Waals surface area contributed by atoms with Gasteiger partial charge in [0.25, 0.3) is 10.0 Å². The fraction of sp³-hybridized carbons (Fsp3) is 0.355. The minimum Gasteiger partial charge on any atom is -0.495 e. The molecule has 0 spiro atoms. The fourth-order valence-corrected chi connectivity index (χ4v) is 5.76. The number of sulfonamides is 1. The number of hydrogen-bond donors (Lipinski definition) is 1. The predicted octanol–water partition coefficient (Wildman–Crippen LogP) is 5.35. The first-order chi connectivity index (χ1) is 19.3. The molecule has 220 valence electrons. The number of benzene rings is 3. The SMILES string of the molecule is COc1ccc(N(CC(=O)N(Cc2ccc(C)cc2)[C@H](C)C(=O)NCC(C)C)S(=O)(=O)c2ccc(C)cc2)cc1Cl. The maximum Gasteiger partial charge on any atom is 0.264 e. The Morgan fingerprint density at radius 1 is 0.927 bits per heavy atom. The minimum atomic E-state index is -4.20. The van der Waals surface area contributed by atoms with Crippen LogP contribution in [0.15, 0.2) is 71.6 Å². The molecule has 0 aliphatic heterocycles. The molecule has 0 heterocycles. The Balaban J connectivity index is 2.04. The molecule has 3 aromatic rings. The molecule has 0 unspecified atom stereocenters. The lowest BCUT2D eigenvalue weighted by molar-refractivity contribution is -0.139. The molecule has 0 saturated heterocycles. The second-order valence-corrected chi connectivity index (χ2v) is 12.7. The van der Waals surface area contributed by atoms with Crippen LogP contribution in [-0.2, 0) is 26.2 Å². The van der Waals surface area contributed by atoms with Crippen molar-refractivity contribution >= 4 is 39.1 Å². The van der Waals surface area contributed by atoms with Crippen LogP contribution in [0.2, 0.25) is 5.02 Å². The van der Waals surface area contributed by atoms with Gasteiger partial charge in [0.05, 0.1) is 22.7 Å². The summed E-state index contributed by atoms with van der Waals surface area (Å²) in [6.07, 6.45) is 0. The van der Waals surface area contributed by atoms with Crippen LogP contribution in [0.4, 0.5) is 5.69 Å². The molecule has 1 atom stereocenters. The van der Waals surface area contributed by atoms with Crippen LogP contribution < -0.4 is 14.4 Å². The first kappa shape index (κ1) is 32.0. The number of carbonyl (C=O) groups is 2. The van der Waals surface area contributed by atoms with E-state index in [1.165, 1.54) is 36.3 Å². The van der Waals surface area contributed by atoms with Crippen LogP contribution in [0, 0.1) is 19.8 Å². The van der Waals surface area contributed by atoms with Gasteiger partial charge < -0.3 is 15.0 Å². The number of ether oxygens (including phenoxy) is 1. The Labute approximate surface area is 248 Å². The summed E-state index contributed by atoms with van der Waals surface area (Å²) in [5.41, 5.74) is 2.95. The zero-order chi connectivity index (χ0) is 30.3. The topological polar surface area (TPSA) is 96.0 Å². The molecule has 0 saturated carbocycles. The minimum absolute atomic E-state index is 0.0238. The first-order valence-electron chi connectivity index (χ1n) is 13.4. The molecule has 0 aliphatic rings. The average Bonchev–Trinajstić information content (AvgIpc) is 2.93. The molecule has 0 fully saturated rings. The zero-order valence-corrected chi connectivity index (χ0v) is 25.9. The summed E-state index contributed by atoms with van der Waals surface area (Å²) in [7, 11) is -2.74. The lowest BCUT2D eigenvalue weighted by Crippen LogP contribution is -2.51. The van der Waals surface area contributed by atoms with Gasteiger partial charge in [0.2, 0.25) is 11.8 Å². The van der Waals surface area contributed by atoms with E-state index in [4.69, 9.17) is 16.3 Å². The quantitative estimate of drug-likeness (QED) is 0.303. The molecular formula is C31H38ClN3O5S. The summed E-state index contributed by atoms with van der Waals surface area (Å²) in [5.74, 6) is -0.270.